The van der Waals surface area contributed by atoms with Gasteiger partial charge in [0.2, 0.25) is 0 Å². The molecule has 0 radical (unpaired) electrons. The van der Waals surface area contributed by atoms with E-state index in [1.165, 1.54) is 13.8 Å². The molecule has 0 saturated heterocycles. The number of esters is 3. The third-order valence-electron chi connectivity index (χ3n) is 5.91. The first-order valence-electron chi connectivity index (χ1n) is 10.3. The van der Waals surface area contributed by atoms with E-state index in [-0.39, 0.29) is 15.6 Å². The predicted molar refractivity (Wildman–Crippen MR) is 117 cm³/mol. The highest BCUT2D eigenvalue weighted by Crippen LogP contribution is 2.58. The lowest BCUT2D eigenvalue weighted by atomic mass is 9.72. The zero-order valence-electron chi connectivity index (χ0n) is 17.7. The average Bonchev–Trinajstić information content (AvgIpc) is 3.03. The summed E-state index contributed by atoms with van der Waals surface area (Å²) >= 11 is 12.6. The van der Waals surface area contributed by atoms with Crippen LogP contribution in [0.15, 0.2) is 58.8 Å². The minimum Gasteiger partial charge on any atom is -0.458 e. The zero-order chi connectivity index (χ0) is 23.5. The maximum Gasteiger partial charge on any atom is 0.341 e. The Labute approximate surface area is 199 Å². The fourth-order valence-electron chi connectivity index (χ4n) is 4.74. The molecule has 7 nitrogen and oxygen atoms in total. The van der Waals surface area contributed by atoms with Crippen molar-refractivity contribution in [3.05, 3.63) is 80.0 Å². The number of hydrogen-bond donors (Lipinski definition) is 0. The van der Waals surface area contributed by atoms with Gasteiger partial charge in [-0.1, -0.05) is 35.3 Å². The number of carbonyl (C=O) groups excluding carboxylic acids is 3. The van der Waals surface area contributed by atoms with Crippen molar-refractivity contribution in [2.24, 2.45) is 0 Å². The summed E-state index contributed by atoms with van der Waals surface area (Å²) in [5.41, 5.74) is 0.817. The molecular formula is C24H18Cl2O7. The normalized spacial score (nSPS) is 25.0. The van der Waals surface area contributed by atoms with Crippen LogP contribution in [0, 0.1) is 0 Å². The highest BCUT2D eigenvalue weighted by atomic mass is 35.5. The quantitative estimate of drug-likeness (QED) is 0.425. The molecule has 1 aromatic rings. The van der Waals surface area contributed by atoms with E-state index in [9.17, 15) is 14.4 Å². The molecule has 2 heterocycles. The highest BCUT2D eigenvalue weighted by molar-refractivity contribution is 6.44. The summed E-state index contributed by atoms with van der Waals surface area (Å²) in [5.74, 6) is -0.233. The maximum atomic E-state index is 13.1. The smallest absolute Gasteiger partial charge is 0.341 e. The van der Waals surface area contributed by atoms with E-state index >= 15 is 0 Å². The van der Waals surface area contributed by atoms with E-state index in [1.807, 2.05) is 6.08 Å². The molecule has 0 fully saturated rings. The van der Waals surface area contributed by atoms with Gasteiger partial charge >= 0.3 is 17.9 Å². The third kappa shape index (κ3) is 3.38. The number of halogens is 2. The summed E-state index contributed by atoms with van der Waals surface area (Å²) in [6.45, 7) is 2.65. The zero-order valence-corrected chi connectivity index (χ0v) is 19.2. The van der Waals surface area contributed by atoms with Crippen LogP contribution < -0.4 is 0 Å². The van der Waals surface area contributed by atoms with E-state index in [1.54, 1.807) is 24.3 Å². The molecule has 2 atom stereocenters. The largest absolute Gasteiger partial charge is 0.458 e. The second-order valence-corrected chi connectivity index (χ2v) is 8.82. The van der Waals surface area contributed by atoms with Gasteiger partial charge in [-0.2, -0.15) is 0 Å². The molecule has 2 aliphatic heterocycles. The molecule has 170 valence electrons. The predicted octanol–water partition coefficient (Wildman–Crippen LogP) is 5.03. The standard InChI is InChI=1S/C24H18Cl2O7/c1-11(27)30-13-3-5-15-19(9-13)32-20-10-14(31-12(2)28)4-6-16(20)24(15)17-7-8-18(25)22(26)21(17)23(29)33-24/h5,7-10,13H,3-4,6H2,1-2H3. The Morgan fingerprint density at radius 1 is 1.15 bits per heavy atom. The Balaban J connectivity index is 1.73. The summed E-state index contributed by atoms with van der Waals surface area (Å²) in [6.07, 6.45) is 5.83. The molecule has 1 spiro atoms. The van der Waals surface area contributed by atoms with Crippen LogP contribution >= 0.6 is 23.2 Å². The van der Waals surface area contributed by atoms with Gasteiger partial charge in [0, 0.05) is 49.5 Å². The first-order valence-corrected chi connectivity index (χ1v) is 11.1. The fourth-order valence-corrected chi connectivity index (χ4v) is 5.14. The summed E-state index contributed by atoms with van der Waals surface area (Å²) < 4.78 is 22.9. The van der Waals surface area contributed by atoms with Gasteiger partial charge in [-0.3, -0.25) is 9.59 Å². The minimum absolute atomic E-state index is 0.122. The number of allylic oxidation sites excluding steroid dienone is 2. The molecule has 0 amide bonds. The van der Waals surface area contributed by atoms with Crippen LogP contribution in [0.2, 0.25) is 10.0 Å². The van der Waals surface area contributed by atoms with E-state index in [0.717, 1.165) is 0 Å². The molecule has 2 aliphatic carbocycles. The van der Waals surface area contributed by atoms with Crippen molar-refractivity contribution in [2.75, 3.05) is 0 Å². The molecule has 0 aromatic heterocycles. The third-order valence-corrected chi connectivity index (χ3v) is 6.71. The van der Waals surface area contributed by atoms with Crippen molar-refractivity contribution in [3.63, 3.8) is 0 Å². The number of fused-ring (bicyclic) bond motifs is 5. The average molecular weight is 489 g/mol. The van der Waals surface area contributed by atoms with E-state index in [4.69, 9.17) is 42.1 Å². The lowest BCUT2D eigenvalue weighted by Gasteiger charge is -2.42. The van der Waals surface area contributed by atoms with Gasteiger partial charge in [0.1, 0.15) is 23.4 Å². The number of ether oxygens (including phenoxy) is 4. The lowest BCUT2D eigenvalue weighted by Crippen LogP contribution is -2.39. The first-order chi connectivity index (χ1) is 15.7. The van der Waals surface area contributed by atoms with Crippen LogP contribution in [0.3, 0.4) is 0 Å². The fraction of sp³-hybridized carbons (Fsp3) is 0.292. The van der Waals surface area contributed by atoms with Gasteiger partial charge in [-0.15, -0.1) is 0 Å². The van der Waals surface area contributed by atoms with Crippen molar-refractivity contribution < 1.29 is 33.3 Å². The van der Waals surface area contributed by atoms with Crippen LogP contribution in [0.25, 0.3) is 0 Å². The molecule has 1 aromatic carbocycles. The Hall–Kier alpha value is -3.03. The van der Waals surface area contributed by atoms with Crippen molar-refractivity contribution in [2.45, 2.75) is 44.8 Å². The summed E-state index contributed by atoms with van der Waals surface area (Å²) in [7, 11) is 0. The Bertz CT molecular complexity index is 1250. The van der Waals surface area contributed by atoms with Crippen LogP contribution in [0.1, 0.15) is 49.0 Å². The first kappa shape index (κ1) is 21.8. The molecule has 0 bridgehead atoms. The highest BCUT2D eigenvalue weighted by Gasteiger charge is 2.57. The van der Waals surface area contributed by atoms with Gasteiger partial charge in [0.25, 0.3) is 0 Å². The van der Waals surface area contributed by atoms with E-state index in [0.29, 0.717) is 53.2 Å². The molecule has 0 N–H and O–H groups in total. The van der Waals surface area contributed by atoms with Crippen molar-refractivity contribution in [1.82, 2.24) is 0 Å². The van der Waals surface area contributed by atoms with Gasteiger partial charge in [-0.25, -0.2) is 4.79 Å². The molecule has 33 heavy (non-hydrogen) atoms. The van der Waals surface area contributed by atoms with Crippen molar-refractivity contribution in [3.8, 4) is 0 Å². The Morgan fingerprint density at radius 3 is 2.67 bits per heavy atom. The van der Waals surface area contributed by atoms with Crippen LogP contribution in [-0.2, 0) is 34.1 Å². The van der Waals surface area contributed by atoms with Crippen LogP contribution in [0.5, 0.6) is 0 Å². The Kier molecular flexibility index (Phi) is 5.14. The van der Waals surface area contributed by atoms with Crippen LogP contribution in [0.4, 0.5) is 0 Å². The maximum absolute atomic E-state index is 13.1. The SMILES string of the molecule is CC(=O)OC1=CC2=C(CC1)C1(OC(=O)c3c1ccc(Cl)c3Cl)C1=CCC(OC(C)=O)C=C1O2. The van der Waals surface area contributed by atoms with Gasteiger partial charge in [0.05, 0.1) is 15.6 Å². The molecule has 0 saturated carbocycles. The van der Waals surface area contributed by atoms with Gasteiger partial charge in [-0.05, 0) is 18.6 Å². The van der Waals surface area contributed by atoms with Gasteiger partial charge < -0.3 is 18.9 Å². The lowest BCUT2D eigenvalue weighted by molar-refractivity contribution is -0.144. The minimum atomic E-state index is -1.28. The van der Waals surface area contributed by atoms with Gasteiger partial charge in [0.15, 0.2) is 5.60 Å². The second kappa shape index (κ2) is 7.78. The van der Waals surface area contributed by atoms with Crippen molar-refractivity contribution in [1.29, 1.82) is 0 Å². The van der Waals surface area contributed by atoms with E-state index < -0.39 is 29.6 Å². The number of carbonyl (C=O) groups is 3. The summed E-state index contributed by atoms with van der Waals surface area (Å²) in [5, 5.41) is 0.367. The molecular weight excluding hydrogens is 471 g/mol. The second-order valence-electron chi connectivity index (χ2n) is 8.04. The number of rotatable bonds is 2. The Morgan fingerprint density at radius 2 is 1.94 bits per heavy atom. The molecule has 9 heteroatoms. The number of benzene rings is 1. The van der Waals surface area contributed by atoms with Crippen LogP contribution in [-0.4, -0.2) is 24.0 Å². The summed E-state index contributed by atoms with van der Waals surface area (Å²) in [4.78, 5) is 36.0. The molecule has 5 rings (SSSR count). The molecule has 2 unspecified atom stereocenters. The van der Waals surface area contributed by atoms with E-state index in [2.05, 4.69) is 0 Å². The van der Waals surface area contributed by atoms with Crippen molar-refractivity contribution >= 4 is 41.1 Å². The topological polar surface area (TPSA) is 88.1 Å². The molecule has 4 aliphatic rings. The number of hydrogen-bond acceptors (Lipinski definition) is 7. The monoisotopic (exact) mass is 488 g/mol. The summed E-state index contributed by atoms with van der Waals surface area (Å²) in [6, 6.07) is 3.35.